The minimum Gasteiger partial charge on any atom is -0.387 e. The van der Waals surface area contributed by atoms with Crippen LogP contribution in [0.4, 0.5) is 11.6 Å². The number of hydrogen-bond acceptors (Lipinski definition) is 17. The summed E-state index contributed by atoms with van der Waals surface area (Å²) in [5, 5.41) is 42.4. The number of nitrogens with two attached hydrogens (primary N) is 2. The molecule has 2 aliphatic rings. The van der Waals surface area contributed by atoms with Crippen LogP contribution in [0.25, 0.3) is 22.3 Å². The lowest BCUT2D eigenvalue weighted by Crippen LogP contribution is -2.35. The van der Waals surface area contributed by atoms with Crippen LogP contribution in [0.2, 0.25) is 0 Å². The van der Waals surface area contributed by atoms with E-state index >= 15 is 0 Å². The number of aliphatic hydroxyl groups excluding tert-OH is 4. The van der Waals surface area contributed by atoms with Crippen LogP contribution >= 0.6 is 7.60 Å². The summed E-state index contributed by atoms with van der Waals surface area (Å²) in [6.45, 7) is 0.635. The van der Waals surface area contributed by atoms with Crippen LogP contribution in [0.5, 0.6) is 0 Å². The number of aliphatic hydroxyl groups is 4. The second-order valence-electron chi connectivity index (χ2n) is 9.26. The van der Waals surface area contributed by atoms with Gasteiger partial charge in [0.05, 0.1) is 19.3 Å². The van der Waals surface area contributed by atoms with E-state index in [1.54, 1.807) is 0 Å². The Bertz CT molecular complexity index is 1600. The summed E-state index contributed by atoms with van der Waals surface area (Å²) in [4.78, 5) is 24.1. The molecule has 6 rings (SSSR count). The van der Waals surface area contributed by atoms with Crippen molar-refractivity contribution in [2.45, 2.75) is 49.3 Å². The molecule has 19 nitrogen and oxygen atoms in total. The molecule has 20 heteroatoms. The highest BCUT2D eigenvalue weighted by Gasteiger charge is 2.49. The zero-order valence-corrected chi connectivity index (χ0v) is 21.5. The van der Waals surface area contributed by atoms with Crippen molar-refractivity contribution in [3.8, 4) is 0 Å². The fourth-order valence-corrected chi connectivity index (χ4v) is 5.80. The molecule has 0 saturated carbocycles. The summed E-state index contributed by atoms with van der Waals surface area (Å²) in [7, 11) is -4.00. The van der Waals surface area contributed by atoms with Gasteiger partial charge in [-0.2, -0.15) is 0 Å². The van der Waals surface area contributed by atoms with Crippen LogP contribution < -0.4 is 11.5 Å². The van der Waals surface area contributed by atoms with Gasteiger partial charge in [-0.05, 0) is 0 Å². The van der Waals surface area contributed by atoms with Crippen LogP contribution in [0, 0.1) is 0 Å². The number of fused-ring (bicyclic) bond motifs is 2. The van der Waals surface area contributed by atoms with Crippen molar-refractivity contribution < 1.29 is 43.5 Å². The third-order valence-corrected chi connectivity index (χ3v) is 7.88. The SMILES string of the molecule is CP(=O)(OC[C@H]1OC(n2cnc3c(N)ncnc32)[C@@H](O)[C@@H]1O)O[C@H]1[C@H](O)C(n2cnc3c(N)ncnc32)O[C@@H]1O. The number of nitrogen functional groups attached to an aromatic ring is 2. The molecule has 4 aromatic rings. The van der Waals surface area contributed by atoms with Gasteiger partial charge in [-0.25, -0.2) is 29.9 Å². The van der Waals surface area contributed by atoms with E-state index < -0.39 is 63.5 Å². The lowest BCUT2D eigenvalue weighted by Gasteiger charge is -2.24. The van der Waals surface area contributed by atoms with Gasteiger partial charge in [0, 0.05) is 6.66 Å². The Kier molecular flexibility index (Phi) is 6.64. The number of anilines is 2. The summed E-state index contributed by atoms with van der Waals surface area (Å²) in [6.07, 6.45) is -6.00. The smallest absolute Gasteiger partial charge is 0.328 e. The predicted molar refractivity (Wildman–Crippen MR) is 132 cm³/mol. The normalized spacial score (nSPS) is 32.2. The van der Waals surface area contributed by atoms with Crippen LogP contribution in [0.1, 0.15) is 12.5 Å². The summed E-state index contributed by atoms with van der Waals surface area (Å²) < 4.78 is 37.9. The van der Waals surface area contributed by atoms with Crippen molar-refractivity contribution >= 4 is 41.6 Å². The van der Waals surface area contributed by atoms with Crippen molar-refractivity contribution in [2.24, 2.45) is 0 Å². The molecule has 8 N–H and O–H groups in total. The van der Waals surface area contributed by atoms with Crippen LogP contribution in [-0.4, -0.2) is 110 Å². The molecule has 9 atom stereocenters. The van der Waals surface area contributed by atoms with Gasteiger partial charge in [0.25, 0.3) is 0 Å². The van der Waals surface area contributed by atoms with Gasteiger partial charge in [0.1, 0.15) is 54.2 Å². The Morgan fingerprint density at radius 1 is 0.850 bits per heavy atom. The molecule has 40 heavy (non-hydrogen) atoms. The molecule has 3 unspecified atom stereocenters. The molecule has 0 spiro atoms. The fraction of sp³-hybridized carbons (Fsp3) is 0.500. The van der Waals surface area contributed by atoms with Gasteiger partial charge >= 0.3 is 7.60 Å². The first-order chi connectivity index (χ1) is 19.1. The van der Waals surface area contributed by atoms with Crippen molar-refractivity contribution in [1.29, 1.82) is 0 Å². The molecule has 0 amide bonds. The second kappa shape index (κ2) is 9.91. The molecule has 0 bridgehead atoms. The van der Waals surface area contributed by atoms with E-state index in [4.69, 9.17) is 30.0 Å². The number of aromatic nitrogens is 8. The second-order valence-corrected chi connectivity index (χ2v) is 11.3. The largest absolute Gasteiger partial charge is 0.387 e. The Morgan fingerprint density at radius 2 is 1.40 bits per heavy atom. The van der Waals surface area contributed by atoms with Crippen molar-refractivity contribution in [3.05, 3.63) is 25.3 Å². The van der Waals surface area contributed by atoms with Crippen LogP contribution in [-0.2, 0) is 23.1 Å². The maximum atomic E-state index is 13.2. The lowest BCUT2D eigenvalue weighted by molar-refractivity contribution is -0.138. The van der Waals surface area contributed by atoms with E-state index in [1.165, 1.54) is 34.4 Å². The van der Waals surface area contributed by atoms with Crippen LogP contribution in [0.3, 0.4) is 0 Å². The highest BCUT2D eigenvalue weighted by atomic mass is 31.2. The minimum atomic E-state index is -4.00. The number of hydrogen-bond donors (Lipinski definition) is 6. The highest BCUT2D eigenvalue weighted by Crippen LogP contribution is 2.49. The molecule has 214 valence electrons. The number of imidazole rings is 2. The summed E-state index contributed by atoms with van der Waals surface area (Å²) in [5.41, 5.74) is 12.7. The Labute approximate surface area is 223 Å². The zero-order valence-electron chi connectivity index (χ0n) is 20.6. The quantitative estimate of drug-likeness (QED) is 0.127. The third-order valence-electron chi connectivity index (χ3n) is 6.63. The summed E-state index contributed by atoms with van der Waals surface area (Å²) in [6, 6.07) is 0. The van der Waals surface area contributed by atoms with E-state index in [1.807, 2.05) is 0 Å². The van der Waals surface area contributed by atoms with Gasteiger partial charge < -0.3 is 45.9 Å². The number of ether oxygens (including phenoxy) is 2. The summed E-state index contributed by atoms with van der Waals surface area (Å²) >= 11 is 0. The fourth-order valence-electron chi connectivity index (χ4n) is 4.65. The van der Waals surface area contributed by atoms with Crippen LogP contribution in [0.15, 0.2) is 25.3 Å². The highest BCUT2D eigenvalue weighted by molar-refractivity contribution is 7.53. The van der Waals surface area contributed by atoms with E-state index in [0.717, 1.165) is 6.66 Å². The monoisotopic (exact) mass is 580 g/mol. The van der Waals surface area contributed by atoms with Gasteiger partial charge in [0.15, 0.2) is 41.7 Å². The first-order valence-corrected chi connectivity index (χ1v) is 13.8. The van der Waals surface area contributed by atoms with E-state index in [-0.39, 0.29) is 34.0 Å². The average Bonchev–Trinajstić information content (AvgIpc) is 3.66. The van der Waals surface area contributed by atoms with Gasteiger partial charge in [-0.15, -0.1) is 0 Å². The zero-order chi connectivity index (χ0) is 28.3. The van der Waals surface area contributed by atoms with Gasteiger partial charge in [-0.1, -0.05) is 0 Å². The van der Waals surface area contributed by atoms with Crippen molar-refractivity contribution in [3.63, 3.8) is 0 Å². The molecule has 4 aromatic heterocycles. The number of rotatable bonds is 7. The molecule has 0 aromatic carbocycles. The van der Waals surface area contributed by atoms with Crippen molar-refractivity contribution in [1.82, 2.24) is 39.0 Å². The molecule has 0 radical (unpaired) electrons. The predicted octanol–water partition coefficient (Wildman–Crippen LogP) is -2.12. The van der Waals surface area contributed by atoms with E-state index in [0.29, 0.717) is 0 Å². The molecule has 0 aliphatic carbocycles. The molecule has 2 fully saturated rings. The maximum absolute atomic E-state index is 13.2. The third kappa shape index (κ3) is 4.46. The Balaban J connectivity index is 1.12. The first kappa shape index (κ1) is 26.8. The van der Waals surface area contributed by atoms with Gasteiger partial charge in [-0.3, -0.25) is 18.2 Å². The molecule has 6 heterocycles. The average molecular weight is 580 g/mol. The maximum Gasteiger partial charge on any atom is 0.328 e. The van der Waals surface area contributed by atoms with Crippen molar-refractivity contribution in [2.75, 3.05) is 24.7 Å². The standard InChI is InChI=1S/C20H25N10O9P/c1-40(35,39-13-12(33)19(38-20(13)34)30-6-28-9-15(22)24-4-26-17(9)30)36-2-7-10(31)11(32)18(37-7)29-5-27-8-14(21)23-3-25-16(8)29/h3-7,10-13,18-20,31-34H,2H2,1H3,(H2,21,23,25)(H2,22,24,26)/t7-,10-,11+,12+,13+,18?,19?,20+,40?/m1/s1. The van der Waals surface area contributed by atoms with Gasteiger partial charge in [0.2, 0.25) is 0 Å². The lowest BCUT2D eigenvalue weighted by atomic mass is 10.1. The van der Waals surface area contributed by atoms with E-state index in [2.05, 4.69) is 29.9 Å². The molecule has 2 saturated heterocycles. The molecule has 2 aliphatic heterocycles. The first-order valence-electron chi connectivity index (χ1n) is 11.9. The van der Waals surface area contributed by atoms with E-state index in [9.17, 15) is 25.0 Å². The number of nitrogens with zero attached hydrogens (tertiary/aromatic N) is 8. The molecular weight excluding hydrogens is 555 g/mol. The summed E-state index contributed by atoms with van der Waals surface area (Å²) in [5.74, 6) is 0.236. The Hall–Kier alpha value is -3.39. The Morgan fingerprint density at radius 3 is 1.98 bits per heavy atom. The topological polar surface area (TPSA) is 274 Å². The minimum absolute atomic E-state index is 0.110. The molecular formula is C20H25N10O9P.